The topological polar surface area (TPSA) is 6.25 Å². The highest BCUT2D eigenvalue weighted by Crippen LogP contribution is 2.50. The Balaban J connectivity index is 1.19. The van der Waals surface area contributed by atoms with E-state index in [1.165, 1.54) is 105 Å². The average molecular weight is 634 g/mol. The number of anilines is 1. The molecule has 0 saturated carbocycles. The average Bonchev–Trinajstić information content (AvgIpc) is 3.43. The zero-order chi connectivity index (χ0) is 33.5. The third-order valence-electron chi connectivity index (χ3n) is 11.3. The first-order valence-corrected chi connectivity index (χ1v) is 18.4. The van der Waals surface area contributed by atoms with Crippen molar-refractivity contribution >= 4 is 38.6 Å². The molecule has 0 unspecified atom stereocenters. The minimum absolute atomic E-state index is 0.0625. The number of allylic oxidation sites excluding steroid dienone is 8. The number of unbranched alkanes of at least 4 members (excludes halogenated alkanes) is 4. The molecule has 0 spiro atoms. The summed E-state index contributed by atoms with van der Waals surface area (Å²) in [6.45, 7) is 13.0. The Kier molecular flexibility index (Phi) is 8.79. The van der Waals surface area contributed by atoms with Gasteiger partial charge in [-0.25, -0.2) is 0 Å². The molecule has 0 N–H and O–H groups in total. The Labute approximate surface area is 288 Å². The maximum absolute atomic E-state index is 2.65. The van der Waals surface area contributed by atoms with E-state index < -0.39 is 0 Å². The van der Waals surface area contributed by atoms with Gasteiger partial charge in [-0.05, 0) is 96.0 Å². The molecule has 246 valence electrons. The molecule has 0 fully saturated rings. The lowest BCUT2D eigenvalue weighted by Crippen LogP contribution is -2.28. The molecule has 3 aliphatic rings. The number of fused-ring (bicyclic) bond motifs is 6. The Hall–Kier alpha value is -4.17. The van der Waals surface area contributed by atoms with Gasteiger partial charge in [-0.1, -0.05) is 113 Å². The first-order chi connectivity index (χ1) is 23.2. The van der Waals surface area contributed by atoms with Crippen LogP contribution < -0.4 is 4.90 Å². The van der Waals surface area contributed by atoms with Crippen molar-refractivity contribution in [3.63, 3.8) is 0 Å². The molecule has 0 aromatic heterocycles. The van der Waals surface area contributed by atoms with Gasteiger partial charge < -0.3 is 4.90 Å². The van der Waals surface area contributed by atoms with Gasteiger partial charge in [0.15, 0.2) is 5.71 Å². The minimum Gasteiger partial charge on any atom is -0.347 e. The fraction of sp³-hybridized carbons (Fsp3) is 0.370. The fourth-order valence-corrected chi connectivity index (χ4v) is 8.86. The number of nitrogens with zero attached hydrogens (tertiary/aromatic N) is 2. The van der Waals surface area contributed by atoms with Gasteiger partial charge >= 0.3 is 0 Å². The Morgan fingerprint density at radius 2 is 1.40 bits per heavy atom. The van der Waals surface area contributed by atoms with Crippen LogP contribution in [0.4, 0.5) is 11.4 Å². The molecule has 0 bridgehead atoms. The zero-order valence-electron chi connectivity index (χ0n) is 30.1. The molecule has 0 saturated heterocycles. The summed E-state index contributed by atoms with van der Waals surface area (Å²) < 4.78 is 2.65. The second-order valence-corrected chi connectivity index (χ2v) is 15.3. The van der Waals surface area contributed by atoms with Crippen molar-refractivity contribution in [2.24, 2.45) is 0 Å². The molecule has 48 heavy (non-hydrogen) atoms. The van der Waals surface area contributed by atoms with Crippen LogP contribution in [0.25, 0.3) is 21.5 Å². The summed E-state index contributed by atoms with van der Waals surface area (Å²) in [7, 11) is 2.23. The minimum atomic E-state index is -0.0632. The number of hydrogen-bond donors (Lipinski definition) is 0. The molecule has 0 atom stereocenters. The summed E-state index contributed by atoms with van der Waals surface area (Å²) in [5.41, 5.74) is 11.2. The number of rotatable bonds is 9. The van der Waals surface area contributed by atoms with Gasteiger partial charge in [-0.15, -0.1) is 0 Å². The number of benzene rings is 4. The van der Waals surface area contributed by atoms with Gasteiger partial charge in [0.25, 0.3) is 0 Å². The summed E-state index contributed by atoms with van der Waals surface area (Å²) in [6, 6.07) is 27.0. The molecule has 4 aromatic carbocycles. The smallest absolute Gasteiger partial charge is 0.210 e. The molecule has 4 aromatic rings. The Morgan fingerprint density at radius 3 is 2.15 bits per heavy atom. The van der Waals surface area contributed by atoms with Crippen LogP contribution in [0.5, 0.6) is 0 Å². The Bertz CT molecular complexity index is 2030. The van der Waals surface area contributed by atoms with Crippen LogP contribution in [0.2, 0.25) is 0 Å². The van der Waals surface area contributed by atoms with Crippen molar-refractivity contribution < 1.29 is 4.58 Å². The third kappa shape index (κ3) is 5.68. The highest BCUT2D eigenvalue weighted by molar-refractivity contribution is 6.07. The Morgan fingerprint density at radius 1 is 0.708 bits per heavy atom. The van der Waals surface area contributed by atoms with E-state index in [2.05, 4.69) is 154 Å². The van der Waals surface area contributed by atoms with Crippen molar-refractivity contribution in [3.8, 4) is 0 Å². The van der Waals surface area contributed by atoms with E-state index in [4.69, 9.17) is 0 Å². The molecule has 7 rings (SSSR count). The second-order valence-electron chi connectivity index (χ2n) is 15.3. The van der Waals surface area contributed by atoms with Crippen molar-refractivity contribution in [2.45, 2.75) is 96.8 Å². The summed E-state index contributed by atoms with van der Waals surface area (Å²) in [5.74, 6) is 0. The molecule has 2 aliphatic heterocycles. The van der Waals surface area contributed by atoms with E-state index in [0.717, 1.165) is 19.4 Å². The van der Waals surface area contributed by atoms with Gasteiger partial charge in [0.05, 0.1) is 5.41 Å². The summed E-state index contributed by atoms with van der Waals surface area (Å²) in [6.07, 6.45) is 22.1. The van der Waals surface area contributed by atoms with Gasteiger partial charge in [-0.2, -0.15) is 4.58 Å². The largest absolute Gasteiger partial charge is 0.347 e. The predicted molar refractivity (Wildman–Crippen MR) is 208 cm³/mol. The summed E-state index contributed by atoms with van der Waals surface area (Å²) >= 11 is 0. The van der Waals surface area contributed by atoms with E-state index >= 15 is 0 Å². The maximum Gasteiger partial charge on any atom is 0.210 e. The van der Waals surface area contributed by atoms with E-state index in [1.54, 1.807) is 0 Å². The van der Waals surface area contributed by atoms with E-state index in [9.17, 15) is 0 Å². The lowest BCUT2D eigenvalue weighted by molar-refractivity contribution is -0.438. The molecule has 2 heterocycles. The van der Waals surface area contributed by atoms with Crippen LogP contribution in [0.1, 0.15) is 97.1 Å². The van der Waals surface area contributed by atoms with Crippen LogP contribution in [0.15, 0.2) is 120 Å². The molecule has 0 radical (unpaired) electrons. The van der Waals surface area contributed by atoms with Gasteiger partial charge in [0.2, 0.25) is 5.69 Å². The monoisotopic (exact) mass is 633 g/mol. The van der Waals surface area contributed by atoms with Gasteiger partial charge in [0.1, 0.15) is 6.54 Å². The molecule has 2 nitrogen and oxygen atoms in total. The van der Waals surface area contributed by atoms with Crippen LogP contribution >= 0.6 is 0 Å². The van der Waals surface area contributed by atoms with E-state index in [0.29, 0.717) is 0 Å². The lowest BCUT2D eigenvalue weighted by atomic mass is 9.79. The van der Waals surface area contributed by atoms with Crippen molar-refractivity contribution in [1.29, 1.82) is 0 Å². The highest BCUT2D eigenvalue weighted by atomic mass is 15.2. The van der Waals surface area contributed by atoms with Gasteiger partial charge in [-0.3, -0.25) is 0 Å². The van der Waals surface area contributed by atoms with Crippen molar-refractivity contribution in [1.82, 2.24) is 0 Å². The molecule has 1 aliphatic carbocycles. The van der Waals surface area contributed by atoms with E-state index in [-0.39, 0.29) is 10.8 Å². The number of likely N-dealkylation sites (N-methyl/N-ethyl adjacent to an activating group) is 1. The van der Waals surface area contributed by atoms with Crippen LogP contribution in [0, 0.1) is 0 Å². The second kappa shape index (κ2) is 13.0. The zero-order valence-corrected chi connectivity index (χ0v) is 30.1. The highest BCUT2D eigenvalue weighted by Gasteiger charge is 2.45. The maximum atomic E-state index is 2.65. The lowest BCUT2D eigenvalue weighted by Gasteiger charge is -2.24. The predicted octanol–water partition coefficient (Wildman–Crippen LogP) is 12.2. The molecule has 2 heteroatoms. The normalized spacial score (nSPS) is 20.0. The van der Waals surface area contributed by atoms with Crippen LogP contribution in [-0.4, -0.2) is 23.9 Å². The van der Waals surface area contributed by atoms with Crippen molar-refractivity contribution in [2.75, 3.05) is 18.5 Å². The van der Waals surface area contributed by atoms with E-state index in [1.807, 2.05) is 0 Å². The molecular formula is C46H53N2+. The van der Waals surface area contributed by atoms with Crippen LogP contribution in [0.3, 0.4) is 0 Å². The summed E-state index contributed by atoms with van der Waals surface area (Å²) in [4.78, 5) is 2.41. The summed E-state index contributed by atoms with van der Waals surface area (Å²) in [5, 5.41) is 5.41. The first-order valence-electron chi connectivity index (χ1n) is 18.4. The SMILES string of the molecule is CCCCCCC[N+]1=C(/C=C/C2=CC(=C/C=C3/N(C)c4ccc5ccccc5c4C3(C)C)/CCC2)C(C)(C)c2c1ccc1ccccc21. The first kappa shape index (κ1) is 32.4. The van der Waals surface area contributed by atoms with Gasteiger partial charge in [0, 0.05) is 48.0 Å². The molecule has 0 amide bonds. The van der Waals surface area contributed by atoms with Crippen LogP contribution in [-0.2, 0) is 10.8 Å². The standard InChI is InChI=1S/C46H53N2/c1-7-8-9-10-15-31-48-40-28-26-36-20-12-14-22-38(36)44(40)46(4,5)42(48)30-24-34-18-16-17-33(32-34)23-29-41-45(2,3)43-37-21-13-11-19-35(37)25-27-39(43)47(41)6/h11-14,19-30,32H,7-10,15-18,31H2,1-6H3/q+1. The quantitative estimate of drug-likeness (QED) is 0.131. The number of hydrogen-bond acceptors (Lipinski definition) is 1. The molecular weight excluding hydrogens is 581 g/mol. The fourth-order valence-electron chi connectivity index (χ4n) is 8.86. The van der Waals surface area contributed by atoms with Crippen molar-refractivity contribution in [3.05, 3.63) is 131 Å². The third-order valence-corrected chi connectivity index (χ3v) is 11.3.